The Morgan fingerprint density at radius 3 is 2.31 bits per heavy atom. The highest BCUT2D eigenvalue weighted by atomic mass is 35.5. The van der Waals surface area contributed by atoms with E-state index in [2.05, 4.69) is 0 Å². The van der Waals surface area contributed by atoms with Crippen LogP contribution >= 0.6 is 11.6 Å². The first kappa shape index (κ1) is 20.9. The fourth-order valence-corrected chi connectivity index (χ4v) is 3.79. The summed E-state index contributed by atoms with van der Waals surface area (Å²) in [6.45, 7) is 7.17. The summed E-state index contributed by atoms with van der Waals surface area (Å²) in [6, 6.07) is 15.1. The summed E-state index contributed by atoms with van der Waals surface area (Å²) in [7, 11) is 0. The van der Waals surface area contributed by atoms with Crippen molar-refractivity contribution in [2.45, 2.75) is 27.3 Å². The van der Waals surface area contributed by atoms with Crippen LogP contribution in [0.2, 0.25) is 5.02 Å². The van der Waals surface area contributed by atoms with Crippen molar-refractivity contribution in [1.82, 2.24) is 9.47 Å². The molecule has 3 aromatic rings. The molecule has 0 bridgehead atoms. The maximum atomic E-state index is 13.0. The first-order valence-corrected chi connectivity index (χ1v) is 10.2. The fraction of sp³-hybridized carbons (Fsp3) is 0.304. The summed E-state index contributed by atoms with van der Waals surface area (Å²) in [5, 5.41) is 2.11. The molecule has 0 fully saturated rings. The number of aromatic nitrogens is 1. The van der Waals surface area contributed by atoms with E-state index in [0.717, 1.165) is 22.0 Å². The average molecular weight is 413 g/mol. The Morgan fingerprint density at radius 2 is 1.69 bits per heavy atom. The average Bonchev–Trinajstić information content (AvgIpc) is 3.02. The molecule has 1 amide bonds. The van der Waals surface area contributed by atoms with Gasteiger partial charge < -0.3 is 14.2 Å². The second-order valence-electron chi connectivity index (χ2n) is 6.63. The topological polar surface area (TPSA) is 51.5 Å². The van der Waals surface area contributed by atoms with Gasteiger partial charge in [-0.15, -0.1) is 0 Å². The maximum Gasteiger partial charge on any atom is 0.355 e. The summed E-state index contributed by atoms with van der Waals surface area (Å²) in [6.07, 6.45) is 0. The van der Waals surface area contributed by atoms with Gasteiger partial charge in [0.25, 0.3) is 0 Å². The Balaban J connectivity index is 2.31. The van der Waals surface area contributed by atoms with E-state index in [9.17, 15) is 9.59 Å². The number of hydrogen-bond donors (Lipinski definition) is 0. The largest absolute Gasteiger partial charge is 0.461 e. The van der Waals surface area contributed by atoms with E-state index in [0.29, 0.717) is 23.8 Å². The van der Waals surface area contributed by atoms with Gasteiger partial charge in [0.05, 0.1) is 12.3 Å². The smallest absolute Gasteiger partial charge is 0.355 e. The van der Waals surface area contributed by atoms with Crippen LogP contribution in [0.25, 0.3) is 22.0 Å². The van der Waals surface area contributed by atoms with E-state index >= 15 is 0 Å². The Bertz CT molecular complexity index is 1020. The molecule has 2 aromatic carbocycles. The van der Waals surface area contributed by atoms with Gasteiger partial charge in [0.15, 0.2) is 0 Å². The van der Waals surface area contributed by atoms with Gasteiger partial charge in [0.2, 0.25) is 5.91 Å². The Kier molecular flexibility index (Phi) is 6.60. The summed E-state index contributed by atoms with van der Waals surface area (Å²) < 4.78 is 7.11. The molecule has 5 nitrogen and oxygen atoms in total. The standard InChI is InChI=1S/C23H25ClN2O3/c1-4-25(5-2)20(27)15-26-21(16-10-8-7-9-11-16)19-14-17(24)12-13-18(19)22(26)23(28)29-6-3/h7-14H,4-6,15H2,1-3H3. The lowest BCUT2D eigenvalue weighted by atomic mass is 10.1. The van der Waals surface area contributed by atoms with Crippen LogP contribution in [0.15, 0.2) is 48.5 Å². The number of carbonyl (C=O) groups excluding carboxylic acids is 2. The van der Waals surface area contributed by atoms with Crippen molar-refractivity contribution >= 4 is 34.2 Å². The van der Waals surface area contributed by atoms with Crippen molar-refractivity contribution in [2.24, 2.45) is 0 Å². The summed E-state index contributed by atoms with van der Waals surface area (Å²) >= 11 is 6.28. The molecule has 0 saturated heterocycles. The van der Waals surface area contributed by atoms with Crippen LogP contribution in [0.4, 0.5) is 0 Å². The number of nitrogens with zero attached hydrogens (tertiary/aromatic N) is 2. The quantitative estimate of drug-likeness (QED) is 0.513. The van der Waals surface area contributed by atoms with Crippen molar-refractivity contribution < 1.29 is 14.3 Å². The van der Waals surface area contributed by atoms with Gasteiger partial charge in [0.1, 0.15) is 12.2 Å². The van der Waals surface area contributed by atoms with Crippen LogP contribution in [0.1, 0.15) is 31.3 Å². The fourth-order valence-electron chi connectivity index (χ4n) is 3.62. The van der Waals surface area contributed by atoms with Crippen LogP contribution in [-0.4, -0.2) is 41.0 Å². The predicted molar refractivity (Wildman–Crippen MR) is 116 cm³/mol. The highest BCUT2D eigenvalue weighted by molar-refractivity contribution is 6.31. The Hall–Kier alpha value is -2.79. The molecule has 0 spiro atoms. The Labute approximate surface area is 175 Å². The number of amides is 1. The van der Waals surface area contributed by atoms with E-state index in [1.165, 1.54) is 0 Å². The lowest BCUT2D eigenvalue weighted by molar-refractivity contribution is -0.131. The van der Waals surface area contributed by atoms with Gasteiger partial charge in [-0.25, -0.2) is 4.79 Å². The van der Waals surface area contributed by atoms with E-state index in [1.807, 2.05) is 56.3 Å². The molecule has 0 N–H and O–H groups in total. The number of ether oxygens (including phenoxy) is 1. The van der Waals surface area contributed by atoms with Crippen LogP contribution in [-0.2, 0) is 16.1 Å². The van der Waals surface area contributed by atoms with Crippen LogP contribution in [0.5, 0.6) is 0 Å². The molecular weight excluding hydrogens is 388 g/mol. The van der Waals surface area contributed by atoms with Gasteiger partial charge in [0, 0.05) is 28.9 Å². The van der Waals surface area contributed by atoms with Gasteiger partial charge >= 0.3 is 5.97 Å². The van der Waals surface area contributed by atoms with Crippen molar-refractivity contribution in [1.29, 1.82) is 0 Å². The van der Waals surface area contributed by atoms with E-state index in [4.69, 9.17) is 16.3 Å². The van der Waals surface area contributed by atoms with Crippen molar-refractivity contribution in [3.8, 4) is 11.3 Å². The molecule has 29 heavy (non-hydrogen) atoms. The molecule has 0 aliphatic rings. The van der Waals surface area contributed by atoms with E-state index < -0.39 is 5.97 Å². The molecule has 0 unspecified atom stereocenters. The number of benzene rings is 2. The number of esters is 1. The SMILES string of the molecule is CCOC(=O)c1c2ccc(Cl)cc2c(-c2ccccc2)n1CC(=O)N(CC)CC. The molecule has 1 aromatic heterocycles. The third-order valence-corrected chi connectivity index (χ3v) is 5.19. The van der Waals surface area contributed by atoms with Gasteiger partial charge in [-0.2, -0.15) is 0 Å². The lowest BCUT2D eigenvalue weighted by Crippen LogP contribution is -2.34. The van der Waals surface area contributed by atoms with Gasteiger partial charge in [-0.3, -0.25) is 4.79 Å². The zero-order valence-electron chi connectivity index (χ0n) is 16.9. The monoisotopic (exact) mass is 412 g/mol. The van der Waals surface area contributed by atoms with Crippen LogP contribution in [0, 0.1) is 0 Å². The van der Waals surface area contributed by atoms with Gasteiger partial charge in [-0.1, -0.05) is 48.0 Å². The number of hydrogen-bond acceptors (Lipinski definition) is 3. The van der Waals surface area contributed by atoms with Crippen molar-refractivity contribution in [2.75, 3.05) is 19.7 Å². The lowest BCUT2D eigenvalue weighted by Gasteiger charge is -2.21. The minimum atomic E-state index is -0.450. The number of halogens is 1. The molecule has 3 rings (SSSR count). The zero-order chi connectivity index (χ0) is 21.0. The number of carbonyl (C=O) groups is 2. The molecule has 0 radical (unpaired) electrons. The molecule has 0 aliphatic carbocycles. The highest BCUT2D eigenvalue weighted by Gasteiger charge is 2.26. The summed E-state index contributed by atoms with van der Waals surface area (Å²) in [5.41, 5.74) is 2.06. The normalized spacial score (nSPS) is 10.9. The number of likely N-dealkylation sites (N-methyl/N-ethyl adjacent to an activating group) is 1. The third-order valence-electron chi connectivity index (χ3n) is 4.96. The maximum absolute atomic E-state index is 13.0. The Morgan fingerprint density at radius 1 is 1.00 bits per heavy atom. The highest BCUT2D eigenvalue weighted by Crippen LogP contribution is 2.36. The van der Waals surface area contributed by atoms with Crippen molar-refractivity contribution in [3.05, 3.63) is 59.2 Å². The minimum absolute atomic E-state index is 0.0480. The first-order valence-electron chi connectivity index (χ1n) is 9.83. The van der Waals surface area contributed by atoms with E-state index in [1.54, 1.807) is 22.5 Å². The zero-order valence-corrected chi connectivity index (χ0v) is 17.7. The second-order valence-corrected chi connectivity index (χ2v) is 7.06. The number of rotatable bonds is 7. The second kappa shape index (κ2) is 9.14. The van der Waals surface area contributed by atoms with Crippen LogP contribution in [0.3, 0.4) is 0 Å². The molecule has 0 aliphatic heterocycles. The molecule has 152 valence electrons. The van der Waals surface area contributed by atoms with E-state index in [-0.39, 0.29) is 19.1 Å². The molecule has 1 heterocycles. The van der Waals surface area contributed by atoms with Crippen molar-refractivity contribution in [3.63, 3.8) is 0 Å². The first-order chi connectivity index (χ1) is 14.0. The molecular formula is C23H25ClN2O3. The number of fused-ring (bicyclic) bond motifs is 1. The third kappa shape index (κ3) is 4.15. The summed E-state index contributed by atoms with van der Waals surface area (Å²) in [4.78, 5) is 27.6. The van der Waals surface area contributed by atoms with Gasteiger partial charge in [-0.05, 0) is 38.5 Å². The van der Waals surface area contributed by atoms with Crippen LogP contribution < -0.4 is 0 Å². The molecule has 0 saturated carbocycles. The minimum Gasteiger partial charge on any atom is -0.461 e. The molecule has 6 heteroatoms. The summed E-state index contributed by atoms with van der Waals surface area (Å²) in [5.74, 6) is -0.501. The predicted octanol–water partition coefficient (Wildman–Crippen LogP) is 5.01. The molecule has 0 atom stereocenters.